The fraction of sp³-hybridized carbons (Fsp3) is 0.0714. The van der Waals surface area contributed by atoms with Gasteiger partial charge in [0.15, 0.2) is 17.4 Å². The molecule has 0 bridgehead atoms. The molecular weight excluding hydrogens is 302 g/mol. The van der Waals surface area contributed by atoms with Crippen LogP contribution in [0.2, 0.25) is 5.02 Å². The van der Waals surface area contributed by atoms with E-state index in [1.165, 1.54) is 30.3 Å². The van der Waals surface area contributed by atoms with Gasteiger partial charge in [-0.05, 0) is 18.2 Å². The SMILES string of the molecule is N/C(=N/O)c1ccc(COc2cccc(Cl)c2F)c(F)c1. The van der Waals surface area contributed by atoms with E-state index in [2.05, 4.69) is 5.16 Å². The highest BCUT2D eigenvalue weighted by atomic mass is 35.5. The average molecular weight is 313 g/mol. The number of hydrogen-bond acceptors (Lipinski definition) is 3. The maximum atomic E-state index is 13.8. The predicted molar refractivity (Wildman–Crippen MR) is 74.7 cm³/mol. The number of nitrogens with zero attached hydrogens (tertiary/aromatic N) is 1. The third-order valence-electron chi connectivity index (χ3n) is 2.76. The van der Waals surface area contributed by atoms with Crippen LogP contribution in [-0.2, 0) is 6.61 Å². The summed E-state index contributed by atoms with van der Waals surface area (Å²) in [5.74, 6) is -1.58. The van der Waals surface area contributed by atoms with Gasteiger partial charge in [0.1, 0.15) is 12.4 Å². The second-order valence-electron chi connectivity index (χ2n) is 4.13. The molecule has 0 aliphatic rings. The second-order valence-corrected chi connectivity index (χ2v) is 4.54. The summed E-state index contributed by atoms with van der Waals surface area (Å²) in [6.45, 7) is -0.181. The second kappa shape index (κ2) is 6.41. The number of rotatable bonds is 4. The normalized spacial score (nSPS) is 11.5. The molecule has 2 rings (SSSR count). The molecule has 3 N–H and O–H groups in total. The number of oxime groups is 1. The Labute approximate surface area is 124 Å². The van der Waals surface area contributed by atoms with Gasteiger partial charge in [-0.3, -0.25) is 0 Å². The van der Waals surface area contributed by atoms with Crippen LogP contribution in [0.4, 0.5) is 8.78 Å². The predicted octanol–water partition coefficient (Wildman–Crippen LogP) is 3.29. The van der Waals surface area contributed by atoms with Gasteiger partial charge in [0.25, 0.3) is 0 Å². The highest BCUT2D eigenvalue weighted by molar-refractivity contribution is 6.30. The van der Waals surface area contributed by atoms with Crippen molar-refractivity contribution in [2.45, 2.75) is 6.61 Å². The number of benzene rings is 2. The summed E-state index contributed by atoms with van der Waals surface area (Å²) in [6, 6.07) is 8.27. The molecule has 0 spiro atoms. The standard InChI is InChI=1S/C14H11ClF2N2O2/c15-10-2-1-3-12(13(10)17)21-7-9-5-4-8(6-11(9)16)14(18)19-20/h1-6,20H,7H2,(H2,18,19). The van der Waals surface area contributed by atoms with E-state index in [1.807, 2.05) is 0 Å². The smallest absolute Gasteiger partial charge is 0.183 e. The minimum absolute atomic E-state index is 0.0672. The quantitative estimate of drug-likeness (QED) is 0.394. The lowest BCUT2D eigenvalue weighted by atomic mass is 10.1. The van der Waals surface area contributed by atoms with Crippen LogP contribution in [-0.4, -0.2) is 11.0 Å². The third-order valence-corrected chi connectivity index (χ3v) is 3.05. The first kappa shape index (κ1) is 15.1. The molecule has 4 nitrogen and oxygen atoms in total. The Balaban J connectivity index is 2.15. The van der Waals surface area contributed by atoms with E-state index in [9.17, 15) is 8.78 Å². The highest BCUT2D eigenvalue weighted by Gasteiger charge is 2.10. The fourth-order valence-corrected chi connectivity index (χ4v) is 1.80. The number of halogens is 3. The summed E-state index contributed by atoms with van der Waals surface area (Å²) in [5.41, 5.74) is 5.78. The van der Waals surface area contributed by atoms with Crippen molar-refractivity contribution in [1.82, 2.24) is 0 Å². The molecule has 0 aromatic heterocycles. The molecule has 0 heterocycles. The van der Waals surface area contributed by atoms with Gasteiger partial charge in [-0.25, -0.2) is 8.78 Å². The van der Waals surface area contributed by atoms with Gasteiger partial charge in [-0.2, -0.15) is 0 Å². The van der Waals surface area contributed by atoms with E-state index in [-0.39, 0.29) is 34.3 Å². The lowest BCUT2D eigenvalue weighted by Gasteiger charge is -2.09. The molecule has 0 aliphatic carbocycles. The zero-order valence-electron chi connectivity index (χ0n) is 10.7. The van der Waals surface area contributed by atoms with Crippen LogP contribution >= 0.6 is 11.6 Å². The van der Waals surface area contributed by atoms with Gasteiger partial charge in [0.05, 0.1) is 5.02 Å². The minimum atomic E-state index is -0.701. The first-order chi connectivity index (χ1) is 10.0. The molecule has 0 radical (unpaired) electrons. The Kier molecular flexibility index (Phi) is 4.59. The van der Waals surface area contributed by atoms with E-state index in [0.717, 1.165) is 6.07 Å². The topological polar surface area (TPSA) is 67.8 Å². The van der Waals surface area contributed by atoms with Crippen LogP contribution in [0.1, 0.15) is 11.1 Å². The third kappa shape index (κ3) is 3.41. The Bertz CT molecular complexity index is 693. The van der Waals surface area contributed by atoms with Crippen molar-refractivity contribution >= 4 is 17.4 Å². The van der Waals surface area contributed by atoms with E-state index in [0.29, 0.717) is 0 Å². The van der Waals surface area contributed by atoms with E-state index >= 15 is 0 Å². The molecule has 0 amide bonds. The van der Waals surface area contributed by atoms with Crippen LogP contribution in [0.15, 0.2) is 41.6 Å². The van der Waals surface area contributed by atoms with Crippen molar-refractivity contribution in [2.75, 3.05) is 0 Å². The van der Waals surface area contributed by atoms with Crippen molar-refractivity contribution in [2.24, 2.45) is 10.9 Å². The molecule has 110 valence electrons. The summed E-state index contributed by atoms with van der Waals surface area (Å²) in [4.78, 5) is 0. The van der Waals surface area contributed by atoms with Gasteiger partial charge >= 0.3 is 0 Å². The van der Waals surface area contributed by atoms with Crippen molar-refractivity contribution in [3.05, 3.63) is 64.2 Å². The average Bonchev–Trinajstić information content (AvgIpc) is 2.49. The van der Waals surface area contributed by atoms with Crippen LogP contribution in [0, 0.1) is 11.6 Å². The van der Waals surface area contributed by atoms with Crippen LogP contribution in [0.3, 0.4) is 0 Å². The molecule has 2 aromatic rings. The molecule has 0 saturated heterocycles. The minimum Gasteiger partial charge on any atom is -0.486 e. The Morgan fingerprint density at radius 2 is 2.05 bits per heavy atom. The van der Waals surface area contributed by atoms with E-state index in [1.54, 1.807) is 0 Å². The maximum Gasteiger partial charge on any atom is 0.183 e. The van der Waals surface area contributed by atoms with E-state index < -0.39 is 11.6 Å². The Morgan fingerprint density at radius 3 is 2.71 bits per heavy atom. The summed E-state index contributed by atoms with van der Waals surface area (Å²) in [6.07, 6.45) is 0. The van der Waals surface area contributed by atoms with Gasteiger partial charge in [-0.15, -0.1) is 0 Å². The number of hydrogen-bond donors (Lipinski definition) is 2. The Hall–Kier alpha value is -2.34. The molecule has 0 saturated carbocycles. The van der Waals surface area contributed by atoms with E-state index in [4.69, 9.17) is 27.3 Å². The summed E-state index contributed by atoms with van der Waals surface area (Å²) < 4.78 is 32.6. The van der Waals surface area contributed by atoms with Crippen LogP contribution in [0.5, 0.6) is 5.75 Å². The van der Waals surface area contributed by atoms with Crippen molar-refractivity contribution < 1.29 is 18.7 Å². The molecule has 21 heavy (non-hydrogen) atoms. The summed E-state index contributed by atoms with van der Waals surface area (Å²) >= 11 is 5.62. The van der Waals surface area contributed by atoms with Crippen molar-refractivity contribution in [3.63, 3.8) is 0 Å². The lowest BCUT2D eigenvalue weighted by molar-refractivity contribution is 0.285. The van der Waals surface area contributed by atoms with Gasteiger partial charge in [0, 0.05) is 11.1 Å². The maximum absolute atomic E-state index is 13.8. The van der Waals surface area contributed by atoms with Crippen LogP contribution < -0.4 is 10.5 Å². The zero-order chi connectivity index (χ0) is 15.4. The Morgan fingerprint density at radius 1 is 1.29 bits per heavy atom. The monoisotopic (exact) mass is 312 g/mol. The molecular formula is C14H11ClF2N2O2. The molecule has 2 aromatic carbocycles. The van der Waals surface area contributed by atoms with Gasteiger partial charge in [-0.1, -0.05) is 35.0 Å². The van der Waals surface area contributed by atoms with Crippen molar-refractivity contribution in [1.29, 1.82) is 0 Å². The number of amidine groups is 1. The largest absolute Gasteiger partial charge is 0.486 e. The number of nitrogens with two attached hydrogens (primary N) is 1. The van der Waals surface area contributed by atoms with Crippen molar-refractivity contribution in [3.8, 4) is 5.75 Å². The van der Waals surface area contributed by atoms with Gasteiger partial charge in [0.2, 0.25) is 0 Å². The molecule has 0 aliphatic heterocycles. The first-order valence-corrected chi connectivity index (χ1v) is 6.24. The lowest BCUT2D eigenvalue weighted by Crippen LogP contribution is -2.13. The molecule has 7 heteroatoms. The van der Waals surface area contributed by atoms with Crippen LogP contribution in [0.25, 0.3) is 0 Å². The first-order valence-electron chi connectivity index (χ1n) is 5.86. The molecule has 0 fully saturated rings. The summed E-state index contributed by atoms with van der Waals surface area (Å²) in [5, 5.41) is 11.2. The van der Waals surface area contributed by atoms with Gasteiger partial charge < -0.3 is 15.7 Å². The highest BCUT2D eigenvalue weighted by Crippen LogP contribution is 2.25. The fourth-order valence-electron chi connectivity index (χ4n) is 1.63. The number of ether oxygens (including phenoxy) is 1. The summed E-state index contributed by atoms with van der Waals surface area (Å²) in [7, 11) is 0. The molecule has 0 unspecified atom stereocenters. The zero-order valence-corrected chi connectivity index (χ0v) is 11.4. The molecule has 0 atom stereocenters.